The highest BCUT2D eigenvalue weighted by molar-refractivity contribution is 7.89. The molecule has 8 heteroatoms. The Morgan fingerprint density at radius 2 is 2.09 bits per heavy atom. The fourth-order valence-electron chi connectivity index (χ4n) is 2.49. The maximum Gasteiger partial charge on any atom is 0.267 e. The van der Waals surface area contributed by atoms with Crippen LogP contribution in [-0.4, -0.2) is 44.7 Å². The molecule has 0 bridgehead atoms. The van der Waals surface area contributed by atoms with E-state index in [4.69, 9.17) is 4.74 Å². The summed E-state index contributed by atoms with van der Waals surface area (Å²) in [6, 6.07) is 3.33. The lowest BCUT2D eigenvalue weighted by atomic mass is 10.2. The number of carbonyl (C=O) groups is 2. The smallest absolute Gasteiger partial charge is 0.267 e. The lowest BCUT2D eigenvalue weighted by molar-refractivity contribution is -0.130. The van der Waals surface area contributed by atoms with Crippen molar-refractivity contribution in [2.24, 2.45) is 0 Å². The molecular weight excluding hydrogens is 308 g/mol. The van der Waals surface area contributed by atoms with Crippen LogP contribution in [0.2, 0.25) is 0 Å². The van der Waals surface area contributed by atoms with Gasteiger partial charge in [0.2, 0.25) is 11.8 Å². The fraction of sp³-hybridized carbons (Fsp3) is 0.429. The topological polar surface area (TPSA) is 92.8 Å². The highest BCUT2D eigenvalue weighted by Crippen LogP contribution is 2.29. The van der Waals surface area contributed by atoms with Crippen LogP contribution in [0, 0.1) is 6.92 Å². The van der Waals surface area contributed by atoms with Crippen LogP contribution in [0.15, 0.2) is 23.1 Å². The number of methoxy groups -OCH3 is 1. The summed E-state index contributed by atoms with van der Waals surface area (Å²) in [6.07, 6.45) is 0.222. The summed E-state index contributed by atoms with van der Waals surface area (Å²) in [5, 5.41) is 2.39. The van der Waals surface area contributed by atoms with Gasteiger partial charge in [-0.05, 0) is 37.1 Å². The van der Waals surface area contributed by atoms with E-state index in [0.29, 0.717) is 15.6 Å². The molecule has 0 aliphatic carbocycles. The zero-order valence-corrected chi connectivity index (χ0v) is 13.4. The van der Waals surface area contributed by atoms with Crippen LogP contribution >= 0.6 is 0 Å². The molecule has 1 aromatic rings. The van der Waals surface area contributed by atoms with E-state index in [1.165, 1.54) is 32.4 Å². The first-order valence-corrected chi connectivity index (χ1v) is 8.20. The first kappa shape index (κ1) is 16.3. The van der Waals surface area contributed by atoms with Gasteiger partial charge < -0.3 is 10.1 Å². The zero-order valence-electron chi connectivity index (χ0n) is 12.6. The lowest BCUT2D eigenvalue weighted by Crippen LogP contribution is -2.46. The van der Waals surface area contributed by atoms with Crippen molar-refractivity contribution in [1.82, 2.24) is 9.62 Å². The number of aryl methyl sites for hydroxylation is 1. The average Bonchev–Trinajstić information content (AvgIpc) is 2.88. The summed E-state index contributed by atoms with van der Waals surface area (Å²) in [5.74, 6) is -0.503. The molecule has 2 rings (SSSR count). The number of ether oxygens (including phenoxy) is 1. The van der Waals surface area contributed by atoms with Crippen LogP contribution in [0.1, 0.15) is 18.4 Å². The second-order valence-electron chi connectivity index (χ2n) is 4.99. The third-order valence-corrected chi connectivity index (χ3v) is 5.46. The number of carbonyl (C=O) groups excluding carboxylic acids is 2. The largest absolute Gasteiger partial charge is 0.496 e. The normalized spacial score (nSPS) is 18.4. The van der Waals surface area contributed by atoms with Gasteiger partial charge in [-0.15, -0.1) is 0 Å². The van der Waals surface area contributed by atoms with Gasteiger partial charge in [0, 0.05) is 13.5 Å². The summed E-state index contributed by atoms with van der Waals surface area (Å²) in [6.45, 7) is 1.71. The van der Waals surface area contributed by atoms with E-state index >= 15 is 0 Å². The summed E-state index contributed by atoms with van der Waals surface area (Å²) >= 11 is 0. The van der Waals surface area contributed by atoms with Crippen molar-refractivity contribution in [3.8, 4) is 5.75 Å². The number of nitrogens with zero attached hydrogens (tertiary/aromatic N) is 1. The maximum absolute atomic E-state index is 12.7. The second-order valence-corrected chi connectivity index (χ2v) is 6.81. The molecule has 0 saturated carbocycles. The van der Waals surface area contributed by atoms with Crippen LogP contribution < -0.4 is 10.1 Å². The molecule has 1 fully saturated rings. The molecule has 120 valence electrons. The Labute approximate surface area is 129 Å². The summed E-state index contributed by atoms with van der Waals surface area (Å²) in [7, 11) is -1.17. The molecular formula is C14H18N2O5S. The number of sulfonamides is 1. The molecule has 7 nitrogen and oxygen atoms in total. The van der Waals surface area contributed by atoms with Gasteiger partial charge in [-0.3, -0.25) is 9.59 Å². The third-order valence-electron chi connectivity index (χ3n) is 3.63. The Balaban J connectivity index is 2.46. The molecule has 1 heterocycles. The van der Waals surface area contributed by atoms with Crippen LogP contribution in [-0.2, 0) is 19.6 Å². The van der Waals surface area contributed by atoms with E-state index in [9.17, 15) is 18.0 Å². The maximum atomic E-state index is 12.7. The number of amides is 2. The molecule has 1 N–H and O–H groups in total. The van der Waals surface area contributed by atoms with Crippen molar-refractivity contribution in [1.29, 1.82) is 0 Å². The van der Waals surface area contributed by atoms with Crippen molar-refractivity contribution < 1.29 is 22.7 Å². The molecule has 1 aromatic carbocycles. The molecule has 1 aliphatic heterocycles. The Morgan fingerprint density at radius 1 is 1.41 bits per heavy atom. The standard InChI is InChI=1S/C14H18N2O5S/c1-9-8-10(4-6-12(9)21-3)22(19,20)16-11(14(18)15-2)5-7-13(16)17/h4,6,8,11H,5,7H2,1-3H3,(H,15,18)/t11-/m1/s1. The minimum Gasteiger partial charge on any atom is -0.496 e. The quantitative estimate of drug-likeness (QED) is 0.866. The number of benzene rings is 1. The predicted octanol–water partition coefficient (Wildman–Crippen LogP) is 0.429. The second kappa shape index (κ2) is 5.96. The summed E-state index contributed by atoms with van der Waals surface area (Å²) < 4.78 is 31.2. The number of rotatable bonds is 4. The minimum atomic E-state index is -4.07. The van der Waals surface area contributed by atoms with E-state index in [1.54, 1.807) is 6.92 Å². The van der Waals surface area contributed by atoms with Crippen molar-refractivity contribution in [2.75, 3.05) is 14.2 Å². The number of hydrogen-bond donors (Lipinski definition) is 1. The van der Waals surface area contributed by atoms with Crippen molar-refractivity contribution >= 4 is 21.8 Å². The van der Waals surface area contributed by atoms with E-state index < -0.39 is 27.9 Å². The number of hydrogen-bond acceptors (Lipinski definition) is 5. The van der Waals surface area contributed by atoms with Gasteiger partial charge in [0.1, 0.15) is 11.8 Å². The van der Waals surface area contributed by atoms with Gasteiger partial charge >= 0.3 is 0 Å². The first-order chi connectivity index (χ1) is 10.3. The Hall–Kier alpha value is -2.09. The highest BCUT2D eigenvalue weighted by atomic mass is 32.2. The molecule has 1 aliphatic rings. The molecule has 22 heavy (non-hydrogen) atoms. The Morgan fingerprint density at radius 3 is 2.64 bits per heavy atom. The van der Waals surface area contributed by atoms with Gasteiger partial charge in [-0.1, -0.05) is 0 Å². The van der Waals surface area contributed by atoms with Crippen molar-refractivity contribution in [3.63, 3.8) is 0 Å². The van der Waals surface area contributed by atoms with Crippen molar-refractivity contribution in [2.45, 2.75) is 30.7 Å². The van der Waals surface area contributed by atoms with E-state index in [0.717, 1.165) is 0 Å². The average molecular weight is 326 g/mol. The zero-order chi connectivity index (χ0) is 16.5. The predicted molar refractivity (Wildman–Crippen MR) is 78.9 cm³/mol. The first-order valence-electron chi connectivity index (χ1n) is 6.76. The fourth-order valence-corrected chi connectivity index (χ4v) is 4.18. The van der Waals surface area contributed by atoms with E-state index in [1.807, 2.05) is 0 Å². The van der Waals surface area contributed by atoms with Gasteiger partial charge in [-0.2, -0.15) is 0 Å². The van der Waals surface area contributed by atoms with Gasteiger partial charge in [-0.25, -0.2) is 12.7 Å². The highest BCUT2D eigenvalue weighted by Gasteiger charge is 2.43. The number of likely N-dealkylation sites (N-methyl/N-ethyl adjacent to an activating group) is 1. The van der Waals surface area contributed by atoms with Crippen LogP contribution in [0.25, 0.3) is 0 Å². The molecule has 2 amide bonds. The Kier molecular flexibility index (Phi) is 4.41. The molecule has 0 spiro atoms. The van der Waals surface area contributed by atoms with Crippen molar-refractivity contribution in [3.05, 3.63) is 23.8 Å². The van der Waals surface area contributed by atoms with Crippen LogP contribution in [0.4, 0.5) is 0 Å². The summed E-state index contributed by atoms with van der Waals surface area (Å²) in [4.78, 5) is 23.8. The van der Waals surface area contributed by atoms with Crippen LogP contribution in [0.5, 0.6) is 5.75 Å². The van der Waals surface area contributed by atoms with E-state index in [-0.39, 0.29) is 17.7 Å². The van der Waals surface area contributed by atoms with Gasteiger partial charge in [0.25, 0.3) is 10.0 Å². The minimum absolute atomic E-state index is 0.0325. The monoisotopic (exact) mass is 326 g/mol. The number of nitrogens with one attached hydrogen (secondary N) is 1. The third kappa shape index (κ3) is 2.66. The van der Waals surface area contributed by atoms with Crippen LogP contribution in [0.3, 0.4) is 0 Å². The molecule has 1 atom stereocenters. The molecule has 1 saturated heterocycles. The molecule has 0 radical (unpaired) electrons. The van der Waals surface area contributed by atoms with Gasteiger partial charge in [0.15, 0.2) is 0 Å². The van der Waals surface area contributed by atoms with E-state index in [2.05, 4.69) is 5.32 Å². The summed E-state index contributed by atoms with van der Waals surface area (Å²) in [5.41, 5.74) is 0.631. The molecule has 0 aromatic heterocycles. The lowest BCUT2D eigenvalue weighted by Gasteiger charge is -2.23. The Bertz CT molecular complexity index is 714. The SMILES string of the molecule is CNC(=O)[C@H]1CCC(=O)N1S(=O)(=O)c1ccc(OC)c(C)c1. The molecule has 0 unspecified atom stereocenters. The van der Waals surface area contributed by atoms with Gasteiger partial charge in [0.05, 0.1) is 12.0 Å².